The van der Waals surface area contributed by atoms with Crippen LogP contribution in [0.3, 0.4) is 0 Å². The molecule has 4 N–H and O–H groups in total. The van der Waals surface area contributed by atoms with Crippen LogP contribution in [0.2, 0.25) is 0 Å². The van der Waals surface area contributed by atoms with Crippen molar-refractivity contribution in [3.63, 3.8) is 0 Å². The number of carbonyl (C=O) groups is 1. The summed E-state index contributed by atoms with van der Waals surface area (Å²) in [4.78, 5) is 22.4. The molecule has 1 aliphatic carbocycles. The number of rotatable bonds is 8. The second kappa shape index (κ2) is 10.1. The third kappa shape index (κ3) is 5.39. The number of likely N-dealkylation sites (N-methyl/N-ethyl adjacent to an activating group) is 1. The second-order valence-corrected chi connectivity index (χ2v) is 9.75. The van der Waals surface area contributed by atoms with E-state index >= 15 is 0 Å². The van der Waals surface area contributed by atoms with Crippen molar-refractivity contribution < 1.29 is 13.9 Å². The van der Waals surface area contributed by atoms with E-state index in [1.165, 1.54) is 12.5 Å². The first-order valence-electron chi connectivity index (χ1n) is 11.9. The fourth-order valence-electron chi connectivity index (χ4n) is 5.00. The summed E-state index contributed by atoms with van der Waals surface area (Å²) in [7, 11) is 4.03. The van der Waals surface area contributed by atoms with Crippen LogP contribution in [0.25, 0.3) is 11.0 Å². The number of nitrogens with two attached hydrogens (primary N) is 1. The highest BCUT2D eigenvalue weighted by molar-refractivity contribution is 5.86. The topological polar surface area (TPSA) is 96.3 Å². The molecule has 0 aliphatic heterocycles. The van der Waals surface area contributed by atoms with Gasteiger partial charge in [0, 0.05) is 18.9 Å². The molecular formula is C26H34FN5O2. The number of pyridine rings is 1. The van der Waals surface area contributed by atoms with E-state index in [0.29, 0.717) is 17.0 Å². The summed E-state index contributed by atoms with van der Waals surface area (Å²) >= 11 is 0. The van der Waals surface area contributed by atoms with E-state index in [1.807, 2.05) is 27.2 Å². The van der Waals surface area contributed by atoms with Gasteiger partial charge in [0.2, 0.25) is 5.91 Å². The number of halogens is 1. The Labute approximate surface area is 199 Å². The van der Waals surface area contributed by atoms with Gasteiger partial charge in [-0.05, 0) is 69.6 Å². The number of nitrogens with zero attached hydrogens (tertiary/aromatic N) is 2. The van der Waals surface area contributed by atoms with Crippen LogP contribution < -0.4 is 15.8 Å². The maximum Gasteiger partial charge on any atom is 0.237 e. The Balaban J connectivity index is 1.43. The van der Waals surface area contributed by atoms with Gasteiger partial charge in [-0.3, -0.25) is 4.79 Å². The first kappa shape index (κ1) is 24.2. The minimum Gasteiger partial charge on any atom is -0.453 e. The zero-order chi connectivity index (χ0) is 24.3. The molecule has 1 saturated carbocycles. The van der Waals surface area contributed by atoms with Crippen LogP contribution in [-0.4, -0.2) is 53.0 Å². The molecule has 0 saturated heterocycles. The molecule has 1 unspecified atom stereocenters. The van der Waals surface area contributed by atoms with Crippen LogP contribution in [0, 0.1) is 12.7 Å². The van der Waals surface area contributed by atoms with E-state index in [-0.39, 0.29) is 23.6 Å². The monoisotopic (exact) mass is 467 g/mol. The fourth-order valence-corrected chi connectivity index (χ4v) is 5.00. The quantitative estimate of drug-likeness (QED) is 0.464. The number of carbonyl (C=O) groups excluding carboxylic acids is 1. The van der Waals surface area contributed by atoms with Crippen LogP contribution in [0.4, 0.5) is 4.39 Å². The lowest BCUT2D eigenvalue weighted by Gasteiger charge is -2.40. The third-order valence-corrected chi connectivity index (χ3v) is 6.56. The maximum absolute atomic E-state index is 14.9. The van der Waals surface area contributed by atoms with Gasteiger partial charge in [-0.15, -0.1) is 0 Å². The van der Waals surface area contributed by atoms with Gasteiger partial charge in [0.1, 0.15) is 11.4 Å². The van der Waals surface area contributed by atoms with E-state index < -0.39 is 11.9 Å². The molecule has 2 aromatic heterocycles. The molecule has 4 rings (SSSR count). The van der Waals surface area contributed by atoms with Gasteiger partial charge in [-0.1, -0.05) is 25.3 Å². The lowest BCUT2D eigenvalue weighted by molar-refractivity contribution is -0.125. The molecule has 1 aliphatic rings. The number of hydrogen-bond donors (Lipinski definition) is 3. The summed E-state index contributed by atoms with van der Waals surface area (Å²) in [5.41, 5.74) is 8.31. The predicted octanol–water partition coefficient (Wildman–Crippen LogP) is 4.05. The third-order valence-electron chi connectivity index (χ3n) is 6.56. The Kier molecular flexibility index (Phi) is 7.19. The van der Waals surface area contributed by atoms with Gasteiger partial charge in [0.05, 0.1) is 17.0 Å². The molecule has 0 spiro atoms. The van der Waals surface area contributed by atoms with Crippen molar-refractivity contribution in [3.8, 4) is 11.5 Å². The molecule has 182 valence electrons. The average molecular weight is 468 g/mol. The Morgan fingerprint density at radius 2 is 2.03 bits per heavy atom. The van der Waals surface area contributed by atoms with E-state index in [0.717, 1.165) is 43.2 Å². The van der Waals surface area contributed by atoms with Crippen LogP contribution >= 0.6 is 0 Å². The first-order chi connectivity index (χ1) is 16.3. The highest BCUT2D eigenvalue weighted by Crippen LogP contribution is 2.33. The Morgan fingerprint density at radius 1 is 1.26 bits per heavy atom. The van der Waals surface area contributed by atoms with Crippen LogP contribution in [-0.2, 0) is 11.2 Å². The van der Waals surface area contributed by atoms with Gasteiger partial charge in [0.15, 0.2) is 11.6 Å². The van der Waals surface area contributed by atoms with Gasteiger partial charge in [-0.2, -0.15) is 0 Å². The molecular weight excluding hydrogens is 433 g/mol. The van der Waals surface area contributed by atoms with Crippen LogP contribution in [0.15, 0.2) is 36.7 Å². The van der Waals surface area contributed by atoms with Crippen LogP contribution in [0.1, 0.15) is 43.2 Å². The average Bonchev–Trinajstić information content (AvgIpc) is 3.17. The Morgan fingerprint density at radius 3 is 2.74 bits per heavy atom. The van der Waals surface area contributed by atoms with Crippen molar-refractivity contribution in [2.45, 2.75) is 57.0 Å². The van der Waals surface area contributed by atoms with E-state index in [9.17, 15) is 9.18 Å². The number of aromatic nitrogens is 2. The number of nitrogens with one attached hydrogen (secondary N) is 2. The highest BCUT2D eigenvalue weighted by Gasteiger charge is 2.35. The van der Waals surface area contributed by atoms with Crippen molar-refractivity contribution in [1.82, 2.24) is 20.2 Å². The van der Waals surface area contributed by atoms with E-state index in [4.69, 9.17) is 10.5 Å². The second-order valence-electron chi connectivity index (χ2n) is 9.75. The number of H-pyrrole nitrogens is 1. The summed E-state index contributed by atoms with van der Waals surface area (Å²) in [5.74, 6) is -0.0432. The lowest BCUT2D eigenvalue weighted by atomic mass is 9.81. The number of aromatic amines is 1. The largest absolute Gasteiger partial charge is 0.453 e. The molecule has 1 fully saturated rings. The molecule has 3 aromatic rings. The lowest BCUT2D eigenvalue weighted by Crippen LogP contribution is -2.59. The smallest absolute Gasteiger partial charge is 0.237 e. The molecule has 8 heteroatoms. The van der Waals surface area contributed by atoms with Crippen molar-refractivity contribution >= 4 is 16.9 Å². The number of hydrogen-bond acceptors (Lipinski definition) is 5. The first-order valence-corrected chi connectivity index (χ1v) is 11.9. The maximum atomic E-state index is 14.9. The van der Waals surface area contributed by atoms with Crippen molar-refractivity contribution in [3.05, 3.63) is 53.6 Å². The van der Waals surface area contributed by atoms with Crippen LogP contribution in [0.5, 0.6) is 11.5 Å². The zero-order valence-corrected chi connectivity index (χ0v) is 20.2. The molecule has 0 bridgehead atoms. The zero-order valence-electron chi connectivity index (χ0n) is 20.2. The molecule has 7 nitrogen and oxygen atoms in total. The molecule has 34 heavy (non-hydrogen) atoms. The number of aryl methyl sites for hydroxylation is 1. The Bertz CT molecular complexity index is 1150. The normalized spacial score (nSPS) is 16.5. The molecule has 0 radical (unpaired) electrons. The predicted molar refractivity (Wildman–Crippen MR) is 131 cm³/mol. The summed E-state index contributed by atoms with van der Waals surface area (Å²) in [6.07, 6.45) is 9.00. The summed E-state index contributed by atoms with van der Waals surface area (Å²) in [6, 6.07) is 5.68. The number of benzene rings is 1. The van der Waals surface area contributed by atoms with Gasteiger partial charge in [0.25, 0.3) is 0 Å². The van der Waals surface area contributed by atoms with Gasteiger partial charge >= 0.3 is 0 Å². The number of amides is 1. The molecule has 1 aromatic carbocycles. The van der Waals surface area contributed by atoms with Gasteiger partial charge in [-0.25, -0.2) is 9.37 Å². The summed E-state index contributed by atoms with van der Waals surface area (Å²) < 4.78 is 20.8. The van der Waals surface area contributed by atoms with E-state index in [2.05, 4.69) is 20.2 Å². The highest BCUT2D eigenvalue weighted by atomic mass is 19.1. The SMILES string of the molecule is Cc1c[nH]c2nccc(Oc3ccc(CC(N)C(=O)NC4(CN(C)C)CCCCC4)cc3F)c12. The standard InChI is InChI=1S/C26H34FN5O2/c1-17-15-30-24-23(17)22(9-12-29-24)34-21-8-7-18(13-19(21)27)14-20(28)25(33)31-26(16-32(2)3)10-5-4-6-11-26/h7-9,12-13,15,20H,4-6,10-11,14,16,28H2,1-3H3,(H,29,30)(H,31,33). The Hall–Kier alpha value is -2.97. The number of ether oxygens (including phenoxy) is 1. The fraction of sp³-hybridized carbons (Fsp3) is 0.462. The molecule has 1 atom stereocenters. The summed E-state index contributed by atoms with van der Waals surface area (Å²) in [5, 5.41) is 4.05. The minimum atomic E-state index is -0.755. The minimum absolute atomic E-state index is 0.113. The van der Waals surface area contributed by atoms with E-state index in [1.54, 1.807) is 24.4 Å². The van der Waals surface area contributed by atoms with Crippen molar-refractivity contribution in [2.24, 2.45) is 5.73 Å². The molecule has 2 heterocycles. The molecule has 1 amide bonds. The number of fused-ring (bicyclic) bond motifs is 1. The van der Waals surface area contributed by atoms with Gasteiger partial charge < -0.3 is 25.7 Å². The van der Waals surface area contributed by atoms with Crippen molar-refractivity contribution in [2.75, 3.05) is 20.6 Å². The van der Waals surface area contributed by atoms with Crippen molar-refractivity contribution in [1.29, 1.82) is 0 Å². The summed E-state index contributed by atoms with van der Waals surface area (Å²) in [6.45, 7) is 2.73.